The Balaban J connectivity index is 2.54. The molecule has 112 valence electrons. The van der Waals surface area contributed by atoms with E-state index in [0.717, 1.165) is 19.4 Å². The summed E-state index contributed by atoms with van der Waals surface area (Å²) in [5.74, 6) is -0.146. The Morgan fingerprint density at radius 1 is 1.42 bits per heavy atom. The van der Waals surface area contributed by atoms with Gasteiger partial charge in [0.05, 0.1) is 0 Å². The van der Waals surface area contributed by atoms with Crippen LogP contribution in [-0.4, -0.2) is 35.1 Å². The van der Waals surface area contributed by atoms with E-state index in [1.54, 1.807) is 0 Å². The minimum Gasteiger partial charge on any atom is -0.372 e. The molecule has 2 atom stereocenters. The van der Waals surface area contributed by atoms with Gasteiger partial charge in [0.2, 0.25) is 12.1 Å². The summed E-state index contributed by atoms with van der Waals surface area (Å²) in [6.45, 7) is 6.90. The Labute approximate surface area is 129 Å². The number of carbonyl (C=O) groups is 1. The fourth-order valence-electron chi connectivity index (χ4n) is 1.75. The largest absolute Gasteiger partial charge is 0.372 e. The zero-order chi connectivity index (χ0) is 14.7. The third kappa shape index (κ3) is 6.05. The van der Waals surface area contributed by atoms with Crippen LogP contribution in [0.1, 0.15) is 33.6 Å². The van der Waals surface area contributed by atoms with Gasteiger partial charge in [-0.2, -0.15) is 0 Å². The van der Waals surface area contributed by atoms with Crippen LogP contribution in [0.25, 0.3) is 0 Å². The van der Waals surface area contributed by atoms with E-state index in [4.69, 9.17) is 39.5 Å². The summed E-state index contributed by atoms with van der Waals surface area (Å²) in [7, 11) is 0. The number of ether oxygens (including phenoxy) is 1. The number of nitrogens with two attached hydrogens (primary N) is 1. The minimum absolute atomic E-state index is 0.146. The van der Waals surface area contributed by atoms with Gasteiger partial charge >= 0.3 is 0 Å². The second-order valence-corrected chi connectivity index (χ2v) is 8.22. The van der Waals surface area contributed by atoms with Crippen LogP contribution < -0.4 is 10.6 Å². The van der Waals surface area contributed by atoms with Gasteiger partial charge in [0.1, 0.15) is 12.6 Å². The molecular weight excluding hydrogens is 311 g/mol. The first kappa shape index (κ1) is 17.3. The van der Waals surface area contributed by atoms with Crippen molar-refractivity contribution in [3.63, 3.8) is 0 Å². The average molecular weight is 333 g/mol. The van der Waals surface area contributed by atoms with Gasteiger partial charge < -0.3 is 15.4 Å². The molecule has 0 aromatic rings. The Morgan fingerprint density at radius 3 is 2.47 bits per heavy atom. The van der Waals surface area contributed by atoms with Crippen molar-refractivity contribution in [2.45, 2.75) is 49.7 Å². The maximum absolute atomic E-state index is 12.0. The lowest BCUT2D eigenvalue weighted by molar-refractivity contribution is -0.697. The predicted molar refractivity (Wildman–Crippen MR) is 77.4 cm³/mol. The molecule has 1 saturated heterocycles. The SMILES string of the molecule is CC(C)(C)C(=O)N[C@H]([NH2+]C[C@H]1CCCO1)C(Cl)(Cl)Cl. The summed E-state index contributed by atoms with van der Waals surface area (Å²) in [6, 6.07) is 0. The highest BCUT2D eigenvalue weighted by molar-refractivity contribution is 6.68. The predicted octanol–water partition coefficient (Wildman–Crippen LogP) is 1.59. The van der Waals surface area contributed by atoms with Gasteiger partial charge in [-0.1, -0.05) is 55.6 Å². The molecule has 0 spiro atoms. The van der Waals surface area contributed by atoms with Crippen LogP contribution in [-0.2, 0) is 9.53 Å². The number of quaternary nitrogens is 1. The standard InChI is InChI=1S/C12H21Cl3N2O2/c1-11(2,3)10(18)17-9(12(13,14)15)16-7-8-5-4-6-19-8/h8-9,16H,4-7H2,1-3H3,(H,17,18)/p+1/t8-,9+/m1/s1. The van der Waals surface area contributed by atoms with Crippen LogP contribution in [0.5, 0.6) is 0 Å². The van der Waals surface area contributed by atoms with Crippen LogP contribution >= 0.6 is 34.8 Å². The Morgan fingerprint density at radius 2 is 2.05 bits per heavy atom. The molecule has 0 aliphatic carbocycles. The van der Waals surface area contributed by atoms with Crippen molar-refractivity contribution in [3.8, 4) is 0 Å². The number of hydrogen-bond donors (Lipinski definition) is 2. The molecule has 1 amide bonds. The molecule has 4 nitrogen and oxygen atoms in total. The van der Waals surface area contributed by atoms with E-state index in [0.29, 0.717) is 6.54 Å². The highest BCUT2D eigenvalue weighted by atomic mass is 35.6. The van der Waals surface area contributed by atoms with E-state index < -0.39 is 15.4 Å². The first-order chi connectivity index (χ1) is 8.60. The van der Waals surface area contributed by atoms with Crippen molar-refractivity contribution in [1.29, 1.82) is 0 Å². The summed E-state index contributed by atoms with van der Waals surface area (Å²) >= 11 is 17.8. The molecule has 0 unspecified atom stereocenters. The van der Waals surface area contributed by atoms with Gasteiger partial charge in [-0.15, -0.1) is 0 Å². The number of nitrogens with one attached hydrogen (secondary N) is 1. The fraction of sp³-hybridized carbons (Fsp3) is 0.917. The average Bonchev–Trinajstić information content (AvgIpc) is 2.73. The monoisotopic (exact) mass is 331 g/mol. The topological polar surface area (TPSA) is 54.9 Å². The number of halogens is 3. The van der Waals surface area contributed by atoms with Crippen molar-refractivity contribution in [2.24, 2.45) is 5.41 Å². The van der Waals surface area contributed by atoms with E-state index in [9.17, 15) is 4.79 Å². The summed E-state index contributed by atoms with van der Waals surface area (Å²) < 4.78 is 3.96. The Bertz CT molecular complexity index is 307. The molecule has 0 saturated carbocycles. The highest BCUT2D eigenvalue weighted by Gasteiger charge is 2.39. The highest BCUT2D eigenvalue weighted by Crippen LogP contribution is 2.28. The molecule has 1 aliphatic heterocycles. The van der Waals surface area contributed by atoms with Gasteiger partial charge in [0, 0.05) is 12.0 Å². The van der Waals surface area contributed by atoms with Gasteiger partial charge in [-0.05, 0) is 12.8 Å². The van der Waals surface area contributed by atoms with Gasteiger partial charge in [0.15, 0.2) is 0 Å². The maximum atomic E-state index is 12.0. The molecule has 0 aromatic carbocycles. The molecule has 7 heteroatoms. The smallest absolute Gasteiger partial charge is 0.262 e. The summed E-state index contributed by atoms with van der Waals surface area (Å²) in [4.78, 5) is 12.0. The number of alkyl halides is 3. The van der Waals surface area contributed by atoms with Crippen LogP contribution in [0.3, 0.4) is 0 Å². The maximum Gasteiger partial charge on any atom is 0.262 e. The van der Waals surface area contributed by atoms with E-state index >= 15 is 0 Å². The van der Waals surface area contributed by atoms with E-state index in [1.807, 2.05) is 26.1 Å². The fourth-order valence-corrected chi connectivity index (χ4v) is 2.18. The van der Waals surface area contributed by atoms with Gasteiger partial charge in [-0.25, -0.2) is 0 Å². The molecule has 1 heterocycles. The molecule has 19 heavy (non-hydrogen) atoms. The number of rotatable bonds is 4. The van der Waals surface area contributed by atoms with E-state index in [-0.39, 0.29) is 12.0 Å². The molecule has 0 aromatic heterocycles. The third-order valence-electron chi connectivity index (χ3n) is 2.98. The van der Waals surface area contributed by atoms with Crippen LogP contribution in [0.4, 0.5) is 0 Å². The van der Waals surface area contributed by atoms with E-state index in [2.05, 4.69) is 5.32 Å². The quantitative estimate of drug-likeness (QED) is 0.607. The zero-order valence-corrected chi connectivity index (χ0v) is 13.8. The molecule has 1 rings (SSSR count). The Kier molecular flexibility index (Phi) is 6.21. The first-order valence-corrected chi connectivity index (χ1v) is 7.56. The van der Waals surface area contributed by atoms with Crippen LogP contribution in [0.15, 0.2) is 0 Å². The molecule has 0 bridgehead atoms. The lowest BCUT2D eigenvalue weighted by Crippen LogP contribution is -2.98. The molecule has 1 aliphatic rings. The minimum atomic E-state index is -1.56. The summed E-state index contributed by atoms with van der Waals surface area (Å²) in [5, 5.41) is 4.60. The van der Waals surface area contributed by atoms with Crippen molar-refractivity contribution in [3.05, 3.63) is 0 Å². The van der Waals surface area contributed by atoms with Crippen molar-refractivity contribution >= 4 is 40.7 Å². The van der Waals surface area contributed by atoms with E-state index in [1.165, 1.54) is 0 Å². The lowest BCUT2D eigenvalue weighted by atomic mass is 9.95. The van der Waals surface area contributed by atoms with Crippen LogP contribution in [0, 0.1) is 5.41 Å². The molecule has 3 N–H and O–H groups in total. The molecule has 1 fully saturated rings. The summed E-state index contributed by atoms with van der Waals surface area (Å²) in [5.41, 5.74) is -0.522. The van der Waals surface area contributed by atoms with Crippen molar-refractivity contribution in [2.75, 3.05) is 13.2 Å². The number of hydrogen-bond acceptors (Lipinski definition) is 2. The lowest BCUT2D eigenvalue weighted by Gasteiger charge is -2.27. The second kappa shape index (κ2) is 6.81. The van der Waals surface area contributed by atoms with Gasteiger partial charge in [0.25, 0.3) is 3.79 Å². The summed E-state index contributed by atoms with van der Waals surface area (Å²) in [6.07, 6.45) is 1.62. The van der Waals surface area contributed by atoms with Crippen LogP contribution in [0.2, 0.25) is 0 Å². The normalized spacial score (nSPS) is 22.3. The third-order valence-corrected chi connectivity index (χ3v) is 3.68. The Hall–Kier alpha value is 0.260. The molecular formula is C12H22Cl3N2O2+. The molecule has 0 radical (unpaired) electrons. The second-order valence-electron chi connectivity index (χ2n) is 5.85. The van der Waals surface area contributed by atoms with Crippen molar-refractivity contribution < 1.29 is 14.8 Å². The number of amides is 1. The first-order valence-electron chi connectivity index (χ1n) is 6.43. The number of carbonyl (C=O) groups excluding carboxylic acids is 1. The van der Waals surface area contributed by atoms with Gasteiger partial charge in [-0.3, -0.25) is 4.79 Å². The zero-order valence-electron chi connectivity index (χ0n) is 11.5. The van der Waals surface area contributed by atoms with Crippen molar-refractivity contribution in [1.82, 2.24) is 5.32 Å².